The average Bonchev–Trinajstić information content (AvgIpc) is 1.73. The molecule has 0 N–H and O–H groups in total. The maximum atomic E-state index is 11.6. The van der Waals surface area contributed by atoms with Crippen molar-refractivity contribution < 1.29 is 0 Å². The van der Waals surface area contributed by atoms with Crippen LogP contribution in [0, 0.1) is 22.7 Å². The summed E-state index contributed by atoms with van der Waals surface area (Å²) in [6.45, 7) is 0. The molecule has 0 spiro atoms. The van der Waals surface area contributed by atoms with E-state index in [1.807, 2.05) is 291 Å². The molecule has 7 heterocycles. The quantitative estimate of drug-likeness (QED) is 0.0877. The van der Waals surface area contributed by atoms with Crippen LogP contribution in [-0.2, 0) is 0 Å². The van der Waals surface area contributed by atoms with E-state index < -0.39 is 0 Å². The maximum Gasteiger partial charge on any atom is 0.164 e. The predicted molar refractivity (Wildman–Crippen MR) is 472 cm³/mol. The number of pyridine rings is 1. The van der Waals surface area contributed by atoms with Crippen molar-refractivity contribution in [1.29, 1.82) is 10.5 Å². The van der Waals surface area contributed by atoms with Gasteiger partial charge in [-0.1, -0.05) is 249 Å². The minimum atomic E-state index is 0.364. The normalized spacial score (nSPS) is 11.3. The molecule has 21 aromatic rings. The first-order valence-electron chi connectivity index (χ1n) is 39.0. The summed E-state index contributed by atoms with van der Waals surface area (Å²) in [7, 11) is 0. The largest absolute Gasteiger partial charge is 0.309 e. The first kappa shape index (κ1) is 70.7. The topological polar surface area (TPSA) is 225 Å². The highest BCUT2D eigenvalue weighted by molar-refractivity contribution is 6.15. The second-order valence-corrected chi connectivity index (χ2v) is 28.9. The van der Waals surface area contributed by atoms with Gasteiger partial charge in [-0.25, -0.2) is 59.8 Å². The number of hydrogen-bond acceptors (Lipinski definition) is 15. The smallest absolute Gasteiger partial charge is 0.164 e. The van der Waals surface area contributed by atoms with Crippen molar-refractivity contribution in [2.75, 3.05) is 0 Å². The Bertz CT molecular complexity index is 7040. The molecule has 0 aliphatic heterocycles. The Morgan fingerprint density at radius 3 is 0.717 bits per heavy atom. The van der Waals surface area contributed by atoms with Crippen LogP contribution in [-0.4, -0.2) is 73.9 Å². The molecule has 21 rings (SSSR count). The van der Waals surface area contributed by atoms with Gasteiger partial charge in [0.25, 0.3) is 0 Å². The molecule has 0 radical (unpaired) electrons. The Hall–Kier alpha value is -17.2. The maximum absolute atomic E-state index is 11.6. The van der Waals surface area contributed by atoms with E-state index in [2.05, 4.69) is 94.1 Å². The van der Waals surface area contributed by atoms with Crippen LogP contribution >= 0.6 is 0 Å². The van der Waals surface area contributed by atoms with Crippen LogP contribution in [0.2, 0.25) is 0 Å². The number of fused-ring (bicyclic) bond motifs is 6. The molecule has 0 bridgehead atoms. The van der Waals surface area contributed by atoms with Crippen LogP contribution in [0.25, 0.3) is 214 Å². The third-order valence-corrected chi connectivity index (χ3v) is 21.5. The highest BCUT2D eigenvalue weighted by Gasteiger charge is 2.29. The molecule has 14 aromatic carbocycles. The molecule has 0 unspecified atom stereocenters. The zero-order valence-electron chi connectivity index (χ0n) is 63.8. The van der Waals surface area contributed by atoms with Crippen LogP contribution in [0.5, 0.6) is 0 Å². The summed E-state index contributed by atoms with van der Waals surface area (Å²) in [4.78, 5) is 67.2. The van der Waals surface area contributed by atoms with E-state index in [0.29, 0.717) is 109 Å². The molecule has 0 aliphatic rings. The highest BCUT2D eigenvalue weighted by Crippen LogP contribution is 2.48. The van der Waals surface area contributed by atoms with Crippen molar-refractivity contribution >= 4 is 43.6 Å². The van der Waals surface area contributed by atoms with Gasteiger partial charge >= 0.3 is 0 Å². The summed E-state index contributed by atoms with van der Waals surface area (Å²) in [6, 6.07) is 123. The Morgan fingerprint density at radius 1 is 0.200 bits per heavy atom. The number of nitriles is 2. The lowest BCUT2D eigenvalue weighted by Gasteiger charge is -2.22. The summed E-state index contributed by atoms with van der Waals surface area (Å²) in [5.41, 5.74) is 17.6. The number of hydrogen-bond donors (Lipinski definition) is 0. The van der Waals surface area contributed by atoms with Gasteiger partial charge in [0.15, 0.2) is 69.9 Å². The molecule has 0 saturated carbocycles. The van der Waals surface area contributed by atoms with Crippen LogP contribution in [0.15, 0.2) is 370 Å². The van der Waals surface area contributed by atoms with E-state index in [-0.39, 0.29) is 0 Å². The highest BCUT2D eigenvalue weighted by atomic mass is 15.1. The van der Waals surface area contributed by atoms with Crippen LogP contribution in [0.1, 0.15) is 11.1 Å². The fourth-order valence-corrected chi connectivity index (χ4v) is 15.8. The second-order valence-electron chi connectivity index (χ2n) is 28.9. The van der Waals surface area contributed by atoms with Crippen molar-refractivity contribution in [3.8, 4) is 182 Å². The third-order valence-electron chi connectivity index (χ3n) is 21.5. The first-order chi connectivity index (χ1) is 59.3. The molecule has 0 atom stereocenters. The number of aromatic nitrogens is 15. The zero-order valence-corrected chi connectivity index (χ0v) is 63.8. The van der Waals surface area contributed by atoms with Crippen molar-refractivity contribution in [1.82, 2.24) is 73.9 Å². The minimum Gasteiger partial charge on any atom is -0.309 e. The molecule has 0 amide bonds. The number of rotatable bonds is 16. The molecule has 0 fully saturated rings. The lowest BCUT2D eigenvalue weighted by atomic mass is 9.91. The molecule has 0 saturated heterocycles. The molecule has 17 nitrogen and oxygen atoms in total. The lowest BCUT2D eigenvalue weighted by Crippen LogP contribution is -2.05. The Labute approximate surface area is 687 Å². The van der Waals surface area contributed by atoms with Gasteiger partial charge in [-0.05, 0) is 109 Å². The van der Waals surface area contributed by atoms with Gasteiger partial charge in [0.2, 0.25) is 0 Å². The van der Waals surface area contributed by atoms with E-state index in [1.165, 1.54) is 0 Å². The summed E-state index contributed by atoms with van der Waals surface area (Å²) < 4.78 is 4.51. The Morgan fingerprint density at radius 2 is 0.450 bits per heavy atom. The number of benzene rings is 14. The average molecular weight is 1540 g/mol. The minimum absolute atomic E-state index is 0.364. The fraction of sp³-hybridized carbons (Fsp3) is 0. The van der Waals surface area contributed by atoms with Crippen LogP contribution in [0.3, 0.4) is 0 Å². The van der Waals surface area contributed by atoms with Crippen molar-refractivity contribution in [3.63, 3.8) is 0 Å². The van der Waals surface area contributed by atoms with Gasteiger partial charge in [0.1, 0.15) is 0 Å². The molecule has 120 heavy (non-hydrogen) atoms. The van der Waals surface area contributed by atoms with E-state index >= 15 is 0 Å². The van der Waals surface area contributed by atoms with Gasteiger partial charge in [-0.2, -0.15) is 10.5 Å². The molecule has 558 valence electrons. The third kappa shape index (κ3) is 13.2. The summed E-state index contributed by atoms with van der Waals surface area (Å²) in [5, 5.41) is 26.3. The van der Waals surface area contributed by atoms with E-state index in [1.54, 1.807) is 6.20 Å². The number of nitrogens with zero attached hydrogens (tertiary/aromatic N) is 17. The van der Waals surface area contributed by atoms with Crippen molar-refractivity contribution in [2.45, 2.75) is 0 Å². The van der Waals surface area contributed by atoms with Gasteiger partial charge in [0, 0.05) is 123 Å². The molecule has 7 aromatic heterocycles. The summed E-state index contributed by atoms with van der Waals surface area (Å²) in [5.74, 6) is 5.99. The van der Waals surface area contributed by atoms with Crippen molar-refractivity contribution in [2.24, 2.45) is 0 Å². The van der Waals surface area contributed by atoms with Gasteiger partial charge < -0.3 is 9.13 Å². The SMILES string of the molecule is N#Cc1ccc(-n2c3ccc(-c4nc(-c5ccccc5)nc(-c5ccccc5)n4)cc3c3cc(-c4nc(-c5ccccc5)nc(-c5ccccc5)n4)ccc32)c(-c2cc(C#N)cc(-c3cccnc3)c2-n2c3ccc(-c4nc(-c5ccccc5)nc(-c5ccccc5)n4)cc3c3cc(-c4nc(-c5ccccc5)nc(-c5ccccc5)n4)ccc32)c1. The Balaban J connectivity index is 0.836. The Kier molecular flexibility index (Phi) is 17.9. The van der Waals surface area contributed by atoms with Gasteiger partial charge in [-0.3, -0.25) is 4.98 Å². The molecule has 0 aliphatic carbocycles. The first-order valence-corrected chi connectivity index (χ1v) is 39.0. The summed E-state index contributed by atoms with van der Waals surface area (Å²) in [6.07, 6.45) is 3.57. The fourth-order valence-electron chi connectivity index (χ4n) is 15.8. The van der Waals surface area contributed by atoms with Crippen molar-refractivity contribution in [3.05, 3.63) is 381 Å². The van der Waals surface area contributed by atoms with Gasteiger partial charge in [-0.15, -0.1) is 0 Å². The lowest BCUT2D eigenvalue weighted by molar-refractivity contribution is 1.07. The van der Waals surface area contributed by atoms with E-state index in [0.717, 1.165) is 116 Å². The standard InChI is InChI=1S/C103H61N17/c104-61-64-43-48-86(119-87-49-44-74(100-111-92(66-26-9-1-10-27-66)107-93(112-100)67-28-11-2-12-29-67)57-81(87)82-58-75(45-50-88(82)119)101-113-94(68-30-13-3-14-31-68)108-95(114-101)69-32-15-4-16-33-69)80(54-64)85-56-65(62-105)55-79(78-42-25-53-106-63-78)91(85)120-89-51-46-76(102-115-96(70-34-17-5-18-35-70)109-97(116-102)71-36-19-6-20-37-71)59-83(89)84-60-77(47-52-90(84)120)103-117-98(72-38-21-7-22-39-72)110-99(118-103)73-40-23-8-24-41-73/h1-60,63H. The predicted octanol–water partition coefficient (Wildman–Crippen LogP) is 23.1. The van der Waals surface area contributed by atoms with Gasteiger partial charge in [0.05, 0.1) is 56.7 Å². The summed E-state index contributed by atoms with van der Waals surface area (Å²) >= 11 is 0. The molecular weight excluding hydrogens is 1480 g/mol. The second kappa shape index (κ2) is 30.3. The monoisotopic (exact) mass is 1540 g/mol. The van der Waals surface area contributed by atoms with E-state index in [9.17, 15) is 10.5 Å². The van der Waals surface area contributed by atoms with Crippen LogP contribution < -0.4 is 0 Å². The molecule has 17 heteroatoms. The zero-order chi connectivity index (χ0) is 80.0. The molecular formula is C103H61N17. The van der Waals surface area contributed by atoms with Crippen LogP contribution in [0.4, 0.5) is 0 Å². The van der Waals surface area contributed by atoms with E-state index in [4.69, 9.17) is 64.8 Å².